The summed E-state index contributed by atoms with van der Waals surface area (Å²) in [5.41, 5.74) is 6.59. The Balaban J connectivity index is 2.27. The van der Waals surface area contributed by atoms with Gasteiger partial charge in [-0.1, -0.05) is 0 Å². The van der Waals surface area contributed by atoms with Crippen LogP contribution >= 0.6 is 11.3 Å². The van der Waals surface area contributed by atoms with E-state index in [0.29, 0.717) is 6.54 Å². The molecule has 0 amide bonds. The van der Waals surface area contributed by atoms with Crippen molar-refractivity contribution in [2.24, 2.45) is 5.73 Å². The van der Waals surface area contributed by atoms with Gasteiger partial charge < -0.3 is 10.6 Å². The molecule has 2 aromatic rings. The molecule has 0 aliphatic rings. The first-order valence-corrected chi connectivity index (χ1v) is 5.81. The third-order valence-electron chi connectivity index (χ3n) is 2.21. The topological polar surface area (TPSA) is 55.0 Å². The maximum atomic E-state index is 5.55. The van der Waals surface area contributed by atoms with E-state index in [2.05, 4.69) is 9.97 Å². The van der Waals surface area contributed by atoms with Crippen molar-refractivity contribution in [3.8, 4) is 10.6 Å². The van der Waals surface area contributed by atoms with Crippen LogP contribution in [0, 0.1) is 0 Å². The van der Waals surface area contributed by atoms with E-state index < -0.39 is 0 Å². The predicted molar refractivity (Wildman–Crippen MR) is 67.6 cm³/mol. The Morgan fingerprint density at radius 1 is 1.25 bits per heavy atom. The van der Waals surface area contributed by atoms with Crippen molar-refractivity contribution in [2.45, 2.75) is 6.54 Å². The van der Waals surface area contributed by atoms with Gasteiger partial charge >= 0.3 is 0 Å². The van der Waals surface area contributed by atoms with Crippen LogP contribution in [-0.2, 0) is 6.54 Å². The molecule has 0 spiro atoms. The van der Waals surface area contributed by atoms with E-state index in [4.69, 9.17) is 5.73 Å². The number of hydrogen-bond donors (Lipinski definition) is 1. The molecule has 0 aliphatic carbocycles. The molecule has 84 valence electrons. The first-order valence-electron chi connectivity index (χ1n) is 4.99. The Bertz CT molecular complexity index is 461. The second-order valence-corrected chi connectivity index (χ2v) is 4.75. The lowest BCUT2D eigenvalue weighted by Gasteiger charge is -2.10. The van der Waals surface area contributed by atoms with Gasteiger partial charge in [0, 0.05) is 43.5 Å². The van der Waals surface area contributed by atoms with Crippen LogP contribution in [0.15, 0.2) is 24.5 Å². The average Bonchev–Trinajstić information content (AvgIpc) is 2.77. The first-order chi connectivity index (χ1) is 7.70. The molecule has 4 nitrogen and oxygen atoms in total. The summed E-state index contributed by atoms with van der Waals surface area (Å²) in [6, 6.07) is 4.01. The Labute approximate surface area is 98.8 Å². The number of rotatable bonds is 3. The van der Waals surface area contributed by atoms with Crippen molar-refractivity contribution in [3.05, 3.63) is 29.4 Å². The molecule has 0 saturated heterocycles. The van der Waals surface area contributed by atoms with E-state index in [1.54, 1.807) is 11.3 Å². The summed E-state index contributed by atoms with van der Waals surface area (Å²) < 4.78 is 0. The Kier molecular flexibility index (Phi) is 3.17. The van der Waals surface area contributed by atoms with E-state index in [1.165, 1.54) is 0 Å². The lowest BCUT2D eigenvalue weighted by molar-refractivity contribution is 1.07. The highest BCUT2D eigenvalue weighted by molar-refractivity contribution is 7.15. The van der Waals surface area contributed by atoms with Gasteiger partial charge in [-0.3, -0.25) is 0 Å². The molecule has 2 aromatic heterocycles. The second-order valence-electron chi connectivity index (χ2n) is 3.64. The summed E-state index contributed by atoms with van der Waals surface area (Å²) in [6.07, 6.45) is 3.66. The molecule has 2 rings (SSSR count). The molecule has 0 aliphatic heterocycles. The van der Waals surface area contributed by atoms with Gasteiger partial charge in [-0.05, 0) is 12.1 Å². The van der Waals surface area contributed by atoms with Crippen molar-refractivity contribution in [1.82, 2.24) is 9.97 Å². The Hall–Kier alpha value is -1.46. The highest BCUT2D eigenvalue weighted by atomic mass is 32.1. The summed E-state index contributed by atoms with van der Waals surface area (Å²) >= 11 is 1.61. The van der Waals surface area contributed by atoms with E-state index in [0.717, 1.165) is 21.3 Å². The van der Waals surface area contributed by atoms with Crippen LogP contribution in [0.4, 0.5) is 5.82 Å². The Morgan fingerprint density at radius 2 is 2.06 bits per heavy atom. The minimum absolute atomic E-state index is 0.543. The van der Waals surface area contributed by atoms with E-state index in [-0.39, 0.29) is 0 Å². The third kappa shape index (κ3) is 2.20. The van der Waals surface area contributed by atoms with Gasteiger partial charge in [-0.2, -0.15) is 0 Å². The van der Waals surface area contributed by atoms with Gasteiger partial charge in [-0.15, -0.1) is 11.3 Å². The fraction of sp³-hybridized carbons (Fsp3) is 0.273. The van der Waals surface area contributed by atoms with Crippen molar-refractivity contribution in [2.75, 3.05) is 19.0 Å². The van der Waals surface area contributed by atoms with Gasteiger partial charge in [0.25, 0.3) is 0 Å². The van der Waals surface area contributed by atoms with E-state index in [1.807, 2.05) is 43.5 Å². The smallest absolute Gasteiger partial charge is 0.127 e. The van der Waals surface area contributed by atoms with Crippen LogP contribution in [0.2, 0.25) is 0 Å². The predicted octanol–water partition coefficient (Wildman–Crippen LogP) is 1.73. The zero-order valence-corrected chi connectivity index (χ0v) is 10.2. The monoisotopic (exact) mass is 234 g/mol. The first kappa shape index (κ1) is 11.0. The highest BCUT2D eigenvalue weighted by Gasteiger charge is 2.04. The third-order valence-corrected chi connectivity index (χ3v) is 3.28. The average molecular weight is 234 g/mol. The SMILES string of the molecule is CN(C)c1ccc(-c2ncc(CN)s2)cn1. The highest BCUT2D eigenvalue weighted by Crippen LogP contribution is 2.25. The molecule has 0 radical (unpaired) electrons. The van der Waals surface area contributed by atoms with Crippen LogP contribution in [0.25, 0.3) is 10.6 Å². The number of hydrogen-bond acceptors (Lipinski definition) is 5. The number of nitrogens with zero attached hydrogens (tertiary/aromatic N) is 3. The fourth-order valence-electron chi connectivity index (χ4n) is 1.31. The van der Waals surface area contributed by atoms with Gasteiger partial charge in [0.1, 0.15) is 10.8 Å². The number of thiazole rings is 1. The largest absolute Gasteiger partial charge is 0.363 e. The molecule has 0 fully saturated rings. The molecule has 2 heterocycles. The van der Waals surface area contributed by atoms with Crippen LogP contribution in [0.1, 0.15) is 4.88 Å². The molecule has 0 aromatic carbocycles. The summed E-state index contributed by atoms with van der Waals surface area (Å²) in [5.74, 6) is 0.944. The minimum atomic E-state index is 0.543. The zero-order valence-electron chi connectivity index (χ0n) is 9.34. The van der Waals surface area contributed by atoms with Crippen LogP contribution in [0.3, 0.4) is 0 Å². The maximum Gasteiger partial charge on any atom is 0.127 e. The lowest BCUT2D eigenvalue weighted by Crippen LogP contribution is -2.09. The molecule has 0 saturated carbocycles. The minimum Gasteiger partial charge on any atom is -0.363 e. The lowest BCUT2D eigenvalue weighted by atomic mass is 10.3. The van der Waals surface area contributed by atoms with Gasteiger partial charge in [-0.25, -0.2) is 9.97 Å². The van der Waals surface area contributed by atoms with Crippen LogP contribution in [0.5, 0.6) is 0 Å². The molecule has 0 atom stereocenters. The summed E-state index contributed by atoms with van der Waals surface area (Å²) in [5, 5.41) is 0.971. The van der Waals surface area contributed by atoms with Gasteiger partial charge in [0.05, 0.1) is 0 Å². The standard InChI is InChI=1S/C11H14N4S/c1-15(2)10-4-3-8(6-13-10)11-14-7-9(5-12)16-11/h3-4,6-7H,5,12H2,1-2H3. The van der Waals surface area contributed by atoms with Crippen molar-refractivity contribution in [1.29, 1.82) is 0 Å². The number of nitrogens with two attached hydrogens (primary N) is 1. The molecular formula is C11H14N4S. The fourth-order valence-corrected chi connectivity index (χ4v) is 2.09. The zero-order chi connectivity index (χ0) is 11.5. The summed E-state index contributed by atoms with van der Waals surface area (Å²) in [6.45, 7) is 0.543. The van der Waals surface area contributed by atoms with Crippen molar-refractivity contribution >= 4 is 17.2 Å². The summed E-state index contributed by atoms with van der Waals surface area (Å²) in [7, 11) is 3.94. The molecule has 0 unspecified atom stereocenters. The van der Waals surface area contributed by atoms with Crippen molar-refractivity contribution in [3.63, 3.8) is 0 Å². The van der Waals surface area contributed by atoms with Crippen LogP contribution in [-0.4, -0.2) is 24.1 Å². The van der Waals surface area contributed by atoms with E-state index in [9.17, 15) is 0 Å². The Morgan fingerprint density at radius 3 is 2.56 bits per heavy atom. The second kappa shape index (κ2) is 4.59. The quantitative estimate of drug-likeness (QED) is 0.878. The number of pyridine rings is 1. The molecule has 5 heteroatoms. The molecule has 2 N–H and O–H groups in total. The van der Waals surface area contributed by atoms with Crippen LogP contribution < -0.4 is 10.6 Å². The van der Waals surface area contributed by atoms with Gasteiger partial charge in [0.2, 0.25) is 0 Å². The maximum absolute atomic E-state index is 5.55. The normalized spacial score (nSPS) is 10.4. The van der Waals surface area contributed by atoms with Crippen molar-refractivity contribution < 1.29 is 0 Å². The molecule has 16 heavy (non-hydrogen) atoms. The molecule has 0 bridgehead atoms. The summed E-state index contributed by atoms with van der Waals surface area (Å²) in [4.78, 5) is 11.7. The number of anilines is 1. The molecular weight excluding hydrogens is 220 g/mol. The van der Waals surface area contributed by atoms with Gasteiger partial charge in [0.15, 0.2) is 0 Å². The number of aromatic nitrogens is 2. The van der Waals surface area contributed by atoms with E-state index >= 15 is 0 Å².